The van der Waals surface area contributed by atoms with Gasteiger partial charge in [0.2, 0.25) is 5.91 Å². The second kappa shape index (κ2) is 11.3. The molecule has 8 nitrogen and oxygen atoms in total. The van der Waals surface area contributed by atoms with E-state index in [-0.39, 0.29) is 29.3 Å². The molecule has 1 aliphatic heterocycles. The molecular formula is C25H27N3O5S. The first kappa shape index (κ1) is 24.0. The maximum Gasteiger partial charge on any atom is 0.338 e. The van der Waals surface area contributed by atoms with E-state index in [4.69, 9.17) is 9.47 Å². The van der Waals surface area contributed by atoms with E-state index in [1.807, 2.05) is 19.1 Å². The number of hydrogen-bond donors (Lipinski definition) is 1. The summed E-state index contributed by atoms with van der Waals surface area (Å²) in [5, 5.41) is 3.85. The van der Waals surface area contributed by atoms with Gasteiger partial charge in [-0.3, -0.25) is 14.2 Å². The Kier molecular flexibility index (Phi) is 7.97. The lowest BCUT2D eigenvalue weighted by Crippen LogP contribution is -2.29. The molecule has 1 amide bonds. The van der Waals surface area contributed by atoms with Gasteiger partial charge in [0.25, 0.3) is 5.56 Å². The van der Waals surface area contributed by atoms with Crippen molar-refractivity contribution in [3.8, 4) is 0 Å². The number of aromatic nitrogens is 2. The van der Waals surface area contributed by atoms with E-state index < -0.39 is 0 Å². The minimum Gasteiger partial charge on any atom is -0.462 e. The first-order valence-corrected chi connectivity index (χ1v) is 12.3. The molecule has 0 aliphatic carbocycles. The third kappa shape index (κ3) is 5.84. The number of nitrogens with one attached hydrogen (secondary N) is 1. The molecule has 0 spiro atoms. The van der Waals surface area contributed by atoms with Crippen molar-refractivity contribution in [1.82, 2.24) is 9.55 Å². The number of carbonyl (C=O) groups is 2. The number of benzene rings is 2. The quantitative estimate of drug-likeness (QED) is 0.281. The highest BCUT2D eigenvalue weighted by Crippen LogP contribution is 2.21. The van der Waals surface area contributed by atoms with Gasteiger partial charge >= 0.3 is 5.97 Å². The number of anilines is 1. The van der Waals surface area contributed by atoms with Gasteiger partial charge in [-0.2, -0.15) is 0 Å². The van der Waals surface area contributed by atoms with E-state index in [2.05, 4.69) is 10.3 Å². The van der Waals surface area contributed by atoms with Crippen molar-refractivity contribution >= 4 is 40.2 Å². The van der Waals surface area contributed by atoms with Crippen LogP contribution >= 0.6 is 11.8 Å². The van der Waals surface area contributed by atoms with Gasteiger partial charge in [0, 0.05) is 12.3 Å². The molecule has 3 aromatic rings. The highest BCUT2D eigenvalue weighted by molar-refractivity contribution is 7.99. The SMILES string of the molecule is CCCOC(=O)c1ccc(NC(=O)CSc2nc3ccccc3c(=O)n2CC2CCCO2)cc1. The standard InChI is InChI=1S/C25H27N3O5S/c1-2-13-33-24(31)17-9-11-18(12-10-17)26-22(29)16-34-25-27-21-8-4-3-7-20(21)23(30)28(25)15-19-6-5-14-32-19/h3-4,7-12,19H,2,5-6,13-16H2,1H3,(H,26,29). The molecule has 1 aromatic heterocycles. The number of thioether (sulfide) groups is 1. The lowest BCUT2D eigenvalue weighted by Gasteiger charge is -2.16. The average Bonchev–Trinajstić information content (AvgIpc) is 3.37. The van der Waals surface area contributed by atoms with Crippen LogP contribution in [-0.2, 0) is 20.8 Å². The van der Waals surface area contributed by atoms with Crippen LogP contribution in [-0.4, -0.2) is 46.5 Å². The molecule has 2 aromatic carbocycles. The number of hydrogen-bond acceptors (Lipinski definition) is 7. The molecule has 1 N–H and O–H groups in total. The zero-order valence-electron chi connectivity index (χ0n) is 19.0. The molecule has 2 heterocycles. The maximum atomic E-state index is 13.1. The van der Waals surface area contributed by atoms with Crippen LogP contribution in [0.25, 0.3) is 10.9 Å². The van der Waals surface area contributed by atoms with Crippen molar-refractivity contribution in [1.29, 1.82) is 0 Å². The Morgan fingerprint density at radius 2 is 2.00 bits per heavy atom. The molecule has 0 saturated carbocycles. The summed E-state index contributed by atoms with van der Waals surface area (Å²) in [5.74, 6) is -0.546. The van der Waals surface area contributed by atoms with Crippen molar-refractivity contribution in [2.24, 2.45) is 0 Å². The fraction of sp³-hybridized carbons (Fsp3) is 0.360. The number of rotatable bonds is 9. The van der Waals surface area contributed by atoms with Gasteiger partial charge in [-0.1, -0.05) is 30.8 Å². The lowest BCUT2D eigenvalue weighted by atomic mass is 10.2. The summed E-state index contributed by atoms with van der Waals surface area (Å²) in [6, 6.07) is 13.8. The second-order valence-electron chi connectivity index (χ2n) is 8.01. The fourth-order valence-electron chi connectivity index (χ4n) is 3.71. The second-order valence-corrected chi connectivity index (χ2v) is 8.95. The Hall–Kier alpha value is -3.17. The molecule has 34 heavy (non-hydrogen) atoms. The van der Waals surface area contributed by atoms with Gasteiger partial charge < -0.3 is 14.8 Å². The Bertz CT molecular complexity index is 1220. The van der Waals surface area contributed by atoms with Gasteiger partial charge in [0.1, 0.15) is 0 Å². The summed E-state index contributed by atoms with van der Waals surface area (Å²) >= 11 is 1.21. The van der Waals surface area contributed by atoms with Crippen LogP contribution in [0.15, 0.2) is 58.5 Å². The minimum absolute atomic E-state index is 0.0311. The van der Waals surface area contributed by atoms with Gasteiger partial charge in [-0.05, 0) is 55.7 Å². The van der Waals surface area contributed by atoms with E-state index in [0.717, 1.165) is 19.3 Å². The van der Waals surface area contributed by atoms with Crippen LogP contribution in [0.3, 0.4) is 0 Å². The Labute approximate surface area is 201 Å². The molecule has 1 saturated heterocycles. The maximum absolute atomic E-state index is 13.1. The van der Waals surface area contributed by atoms with E-state index >= 15 is 0 Å². The van der Waals surface area contributed by atoms with E-state index in [1.165, 1.54) is 11.8 Å². The summed E-state index contributed by atoms with van der Waals surface area (Å²) < 4.78 is 12.5. The van der Waals surface area contributed by atoms with Crippen LogP contribution < -0.4 is 10.9 Å². The van der Waals surface area contributed by atoms with Crippen molar-refractivity contribution < 1.29 is 19.1 Å². The summed E-state index contributed by atoms with van der Waals surface area (Å²) in [6.45, 7) is 3.41. The zero-order chi connectivity index (χ0) is 23.9. The molecule has 1 unspecified atom stereocenters. The van der Waals surface area contributed by atoms with Crippen molar-refractivity contribution in [2.45, 2.75) is 44.0 Å². The number of amides is 1. The van der Waals surface area contributed by atoms with Crippen LogP contribution in [0.4, 0.5) is 5.69 Å². The monoisotopic (exact) mass is 481 g/mol. The highest BCUT2D eigenvalue weighted by atomic mass is 32.2. The Morgan fingerprint density at radius 1 is 1.21 bits per heavy atom. The van der Waals surface area contributed by atoms with Gasteiger partial charge in [0.05, 0.1) is 41.5 Å². The topological polar surface area (TPSA) is 99.5 Å². The molecule has 1 aliphatic rings. The summed E-state index contributed by atoms with van der Waals surface area (Å²) in [5.41, 5.74) is 1.47. The van der Waals surface area contributed by atoms with Gasteiger partial charge in [0.15, 0.2) is 5.16 Å². The van der Waals surface area contributed by atoms with Crippen molar-refractivity contribution in [2.75, 3.05) is 24.3 Å². The summed E-state index contributed by atoms with van der Waals surface area (Å²) in [7, 11) is 0. The molecule has 0 radical (unpaired) electrons. The van der Waals surface area contributed by atoms with Crippen LogP contribution in [0.2, 0.25) is 0 Å². The van der Waals surface area contributed by atoms with E-state index in [9.17, 15) is 14.4 Å². The Morgan fingerprint density at radius 3 is 2.74 bits per heavy atom. The number of fused-ring (bicyclic) bond motifs is 1. The number of para-hydroxylation sites is 1. The summed E-state index contributed by atoms with van der Waals surface area (Å²) in [4.78, 5) is 42.3. The van der Waals surface area contributed by atoms with E-state index in [1.54, 1.807) is 41.0 Å². The van der Waals surface area contributed by atoms with Crippen molar-refractivity contribution in [3.63, 3.8) is 0 Å². The molecule has 4 rings (SSSR count). The predicted octanol–water partition coefficient (Wildman–Crippen LogP) is 3.87. The van der Waals surface area contributed by atoms with E-state index in [0.29, 0.717) is 47.1 Å². The average molecular weight is 482 g/mol. The Balaban J connectivity index is 1.44. The van der Waals surface area contributed by atoms with Crippen LogP contribution in [0.1, 0.15) is 36.5 Å². The fourth-order valence-corrected chi connectivity index (χ4v) is 4.51. The van der Waals surface area contributed by atoms with Gasteiger partial charge in [-0.25, -0.2) is 9.78 Å². The zero-order valence-corrected chi connectivity index (χ0v) is 19.8. The number of nitrogens with zero attached hydrogens (tertiary/aromatic N) is 2. The highest BCUT2D eigenvalue weighted by Gasteiger charge is 2.20. The largest absolute Gasteiger partial charge is 0.462 e. The van der Waals surface area contributed by atoms with Crippen LogP contribution in [0.5, 0.6) is 0 Å². The lowest BCUT2D eigenvalue weighted by molar-refractivity contribution is -0.113. The molecule has 178 valence electrons. The first-order chi connectivity index (χ1) is 16.5. The number of ether oxygens (including phenoxy) is 2. The number of carbonyl (C=O) groups excluding carboxylic acids is 2. The number of esters is 1. The smallest absolute Gasteiger partial charge is 0.338 e. The van der Waals surface area contributed by atoms with Crippen LogP contribution in [0, 0.1) is 0 Å². The van der Waals surface area contributed by atoms with Crippen molar-refractivity contribution in [3.05, 3.63) is 64.4 Å². The normalized spacial score (nSPS) is 15.4. The van der Waals surface area contributed by atoms with Gasteiger partial charge in [-0.15, -0.1) is 0 Å². The molecular weight excluding hydrogens is 454 g/mol. The molecule has 1 atom stereocenters. The first-order valence-electron chi connectivity index (χ1n) is 11.4. The third-order valence-electron chi connectivity index (χ3n) is 5.41. The minimum atomic E-state index is -0.387. The molecule has 0 bridgehead atoms. The third-order valence-corrected chi connectivity index (χ3v) is 6.39. The molecule has 1 fully saturated rings. The summed E-state index contributed by atoms with van der Waals surface area (Å²) in [6.07, 6.45) is 2.59. The molecule has 9 heteroatoms. The predicted molar refractivity (Wildman–Crippen MR) is 131 cm³/mol.